The second kappa shape index (κ2) is 7.72. The van der Waals surface area contributed by atoms with Gasteiger partial charge < -0.3 is 15.1 Å². The van der Waals surface area contributed by atoms with Gasteiger partial charge in [0, 0.05) is 31.7 Å². The predicted octanol–water partition coefficient (Wildman–Crippen LogP) is 2.46. The number of fused-ring (bicyclic) bond motifs is 1. The number of likely N-dealkylation sites (tertiary alicyclic amines) is 1. The summed E-state index contributed by atoms with van der Waals surface area (Å²) in [6, 6.07) is 1.87. The number of hydrogen-bond donors (Lipinski definition) is 1. The number of nitrogens with one attached hydrogen (secondary N) is 1. The summed E-state index contributed by atoms with van der Waals surface area (Å²) < 4.78 is 29.0. The molecule has 0 spiro atoms. The van der Waals surface area contributed by atoms with Gasteiger partial charge in [0.1, 0.15) is 11.4 Å². The van der Waals surface area contributed by atoms with Crippen molar-refractivity contribution in [2.45, 2.75) is 12.8 Å². The van der Waals surface area contributed by atoms with Crippen LogP contribution in [0.2, 0.25) is 0 Å². The first-order chi connectivity index (χ1) is 14.5. The van der Waals surface area contributed by atoms with Crippen molar-refractivity contribution in [2.24, 2.45) is 5.92 Å². The number of amides is 1. The second-order valence-corrected chi connectivity index (χ2v) is 8.60. The summed E-state index contributed by atoms with van der Waals surface area (Å²) in [6.45, 7) is 5.37. The van der Waals surface area contributed by atoms with E-state index in [0.717, 1.165) is 25.5 Å². The number of nitrogens with zero attached hydrogens (tertiary/aromatic N) is 7. The van der Waals surface area contributed by atoms with Crippen LogP contribution >= 0.6 is 22.9 Å². The van der Waals surface area contributed by atoms with Crippen LogP contribution in [0, 0.1) is 5.92 Å². The second-order valence-electron chi connectivity index (χ2n) is 7.61. The summed E-state index contributed by atoms with van der Waals surface area (Å²) in [5.74, 6) is 0.860. The quantitative estimate of drug-likeness (QED) is 0.496. The number of halogens is 3. The van der Waals surface area contributed by atoms with Crippen LogP contribution in [0.5, 0.6) is 0 Å². The van der Waals surface area contributed by atoms with Gasteiger partial charge in [-0.15, -0.1) is 0 Å². The highest BCUT2D eigenvalue weighted by Crippen LogP contribution is 2.28. The molecule has 0 bridgehead atoms. The molecule has 0 radical (unpaired) electrons. The normalized spacial score (nSPS) is 17.4. The summed E-state index contributed by atoms with van der Waals surface area (Å²) >= 11 is 1.75. The Morgan fingerprint density at radius 3 is 2.83 bits per heavy atom. The van der Waals surface area contributed by atoms with E-state index in [0.29, 0.717) is 11.6 Å². The molecule has 5 heterocycles. The zero-order valence-corrected chi connectivity index (χ0v) is 18.0. The molecule has 2 aliphatic rings. The number of alkyl halides is 2. The molecule has 158 valence electrons. The van der Waals surface area contributed by atoms with Crippen molar-refractivity contribution < 1.29 is 13.6 Å². The molecular formula is C18H19F2IN8O. The summed E-state index contributed by atoms with van der Waals surface area (Å²) in [7, 11) is 0. The number of aromatic nitrogens is 5. The first-order valence-corrected chi connectivity index (χ1v) is 10.6. The third-order valence-corrected chi connectivity index (χ3v) is 6.01. The molecule has 3 aromatic heterocycles. The zero-order valence-electron chi connectivity index (χ0n) is 15.9. The molecule has 30 heavy (non-hydrogen) atoms. The van der Waals surface area contributed by atoms with Gasteiger partial charge in [-0.2, -0.15) is 10.2 Å². The van der Waals surface area contributed by atoms with E-state index in [4.69, 9.17) is 0 Å². The molecule has 1 amide bonds. The minimum atomic E-state index is -2.79. The van der Waals surface area contributed by atoms with Gasteiger partial charge in [0.05, 0.1) is 40.9 Å². The summed E-state index contributed by atoms with van der Waals surface area (Å²) in [6.07, 6.45) is 2.98. The fourth-order valence-electron chi connectivity index (χ4n) is 3.80. The molecule has 2 fully saturated rings. The van der Waals surface area contributed by atoms with Crippen LogP contribution in [-0.4, -0.2) is 66.1 Å². The smallest absolute Gasteiger partial charge is 0.284 e. The third kappa shape index (κ3) is 3.62. The molecule has 0 saturated carbocycles. The molecule has 1 N–H and O–H groups in total. The zero-order chi connectivity index (χ0) is 20.8. The molecule has 5 rings (SSSR count). The Labute approximate surface area is 184 Å². The van der Waals surface area contributed by atoms with E-state index >= 15 is 0 Å². The van der Waals surface area contributed by atoms with E-state index in [1.807, 2.05) is 6.07 Å². The van der Waals surface area contributed by atoms with E-state index in [2.05, 4.69) is 30.3 Å². The number of rotatable bonds is 6. The highest BCUT2D eigenvalue weighted by molar-refractivity contribution is 14.1. The lowest BCUT2D eigenvalue weighted by Gasteiger charge is -2.44. The van der Waals surface area contributed by atoms with Crippen LogP contribution in [0.15, 0.2) is 24.7 Å². The third-order valence-electron chi connectivity index (χ3n) is 5.52. The summed E-state index contributed by atoms with van der Waals surface area (Å²) in [5.41, 5.74) is 0.0979. The number of carbonyl (C=O) groups is 1. The van der Waals surface area contributed by atoms with Crippen LogP contribution in [0.4, 0.5) is 20.3 Å². The van der Waals surface area contributed by atoms with E-state index in [-0.39, 0.29) is 11.3 Å². The Balaban J connectivity index is 1.33. The number of hydrogen-bond acceptors (Lipinski definition) is 6. The Morgan fingerprint density at radius 1 is 1.33 bits per heavy atom. The Morgan fingerprint density at radius 2 is 2.13 bits per heavy atom. The monoisotopic (exact) mass is 528 g/mol. The van der Waals surface area contributed by atoms with Crippen molar-refractivity contribution in [3.8, 4) is 0 Å². The first kappa shape index (κ1) is 19.6. The van der Waals surface area contributed by atoms with E-state index < -0.39 is 18.0 Å². The molecule has 0 unspecified atom stereocenters. The van der Waals surface area contributed by atoms with Gasteiger partial charge in [-0.25, -0.2) is 21.2 Å². The molecule has 9 nitrogen and oxygen atoms in total. The summed E-state index contributed by atoms with van der Waals surface area (Å²) in [5, 5.41) is 10.4. The first-order valence-electron chi connectivity index (χ1n) is 9.65. The van der Waals surface area contributed by atoms with Crippen LogP contribution in [-0.2, 0) is 0 Å². The molecule has 0 atom stereocenters. The fourth-order valence-corrected chi connectivity index (χ4v) is 4.31. The molecule has 3 aromatic rings. The Kier molecular flexibility index (Phi) is 5.05. The SMILES string of the molecule is O=C(Nc1cn(I)nc1C(F)F)c1cnn2ccc(N3CC(CN4CCC4)C3)nc12. The fraction of sp³-hybridized carbons (Fsp3) is 0.444. The largest absolute Gasteiger partial charge is 0.356 e. The lowest BCUT2D eigenvalue weighted by atomic mass is 9.98. The maximum absolute atomic E-state index is 13.1. The minimum absolute atomic E-state index is 0.0310. The Hall–Kier alpha value is -2.35. The predicted molar refractivity (Wildman–Crippen MR) is 114 cm³/mol. The van der Waals surface area contributed by atoms with Gasteiger partial charge in [-0.1, -0.05) is 0 Å². The van der Waals surface area contributed by atoms with Crippen LogP contribution in [0.3, 0.4) is 0 Å². The lowest BCUT2D eigenvalue weighted by Crippen LogP contribution is -2.54. The van der Waals surface area contributed by atoms with Crippen molar-refractivity contribution in [1.29, 1.82) is 0 Å². The van der Waals surface area contributed by atoms with Crippen molar-refractivity contribution >= 4 is 45.9 Å². The minimum Gasteiger partial charge on any atom is -0.356 e. The molecular weight excluding hydrogens is 509 g/mol. The molecule has 12 heteroatoms. The summed E-state index contributed by atoms with van der Waals surface area (Å²) in [4.78, 5) is 22.0. The van der Waals surface area contributed by atoms with Gasteiger partial charge in [0.25, 0.3) is 12.3 Å². The average molecular weight is 528 g/mol. The molecule has 2 aliphatic heterocycles. The van der Waals surface area contributed by atoms with E-state index in [1.54, 1.807) is 29.1 Å². The van der Waals surface area contributed by atoms with Crippen molar-refractivity contribution in [2.75, 3.05) is 42.9 Å². The molecule has 2 saturated heterocycles. The molecule has 0 aromatic carbocycles. The maximum atomic E-state index is 13.1. The average Bonchev–Trinajstić information content (AvgIpc) is 3.22. The van der Waals surface area contributed by atoms with Crippen molar-refractivity contribution in [3.63, 3.8) is 0 Å². The lowest BCUT2D eigenvalue weighted by molar-refractivity contribution is 0.102. The number of anilines is 2. The van der Waals surface area contributed by atoms with Crippen molar-refractivity contribution in [1.82, 2.24) is 27.5 Å². The van der Waals surface area contributed by atoms with Gasteiger partial charge >= 0.3 is 0 Å². The highest BCUT2D eigenvalue weighted by atomic mass is 127. The van der Waals surface area contributed by atoms with Crippen LogP contribution in [0.25, 0.3) is 5.65 Å². The highest BCUT2D eigenvalue weighted by Gasteiger charge is 2.31. The van der Waals surface area contributed by atoms with Crippen LogP contribution < -0.4 is 10.2 Å². The number of carbonyl (C=O) groups excluding carboxylic acids is 1. The van der Waals surface area contributed by atoms with Crippen molar-refractivity contribution in [3.05, 3.63) is 35.9 Å². The van der Waals surface area contributed by atoms with Gasteiger partial charge in [0.2, 0.25) is 0 Å². The van der Waals surface area contributed by atoms with Gasteiger partial charge in [-0.3, -0.25) is 4.79 Å². The van der Waals surface area contributed by atoms with E-state index in [9.17, 15) is 13.6 Å². The Bertz CT molecular complexity index is 1090. The van der Waals surface area contributed by atoms with E-state index in [1.165, 1.54) is 39.3 Å². The maximum Gasteiger partial charge on any atom is 0.284 e. The molecule has 0 aliphatic carbocycles. The standard InChI is InChI=1S/C18H19F2IN8O/c19-16(20)15-13(10-29(21)25-15)23-18(30)12-6-22-28-5-2-14(24-17(12)28)27-8-11(9-27)7-26-3-1-4-26/h2,5-6,10-11,16H,1,3-4,7-9H2,(H,23,30). The topological polar surface area (TPSA) is 83.6 Å². The van der Waals surface area contributed by atoms with Gasteiger partial charge in [-0.05, 0) is 25.6 Å². The van der Waals surface area contributed by atoms with Gasteiger partial charge in [0.15, 0.2) is 11.3 Å². The van der Waals surface area contributed by atoms with Crippen LogP contribution in [0.1, 0.15) is 28.9 Å².